The molecule has 0 aromatic heterocycles. The number of fused-ring (bicyclic) bond motifs is 1. The van der Waals surface area contributed by atoms with E-state index in [-0.39, 0.29) is 17.7 Å². The highest BCUT2D eigenvalue weighted by Gasteiger charge is 2.26. The van der Waals surface area contributed by atoms with Crippen molar-refractivity contribution in [3.63, 3.8) is 0 Å². The fourth-order valence-electron chi connectivity index (χ4n) is 1.84. The molecule has 1 aromatic carbocycles. The average molecular weight is 258 g/mol. The van der Waals surface area contributed by atoms with Gasteiger partial charge in [-0.1, -0.05) is 18.2 Å². The van der Waals surface area contributed by atoms with E-state index in [2.05, 4.69) is 10.6 Å². The quantitative estimate of drug-likeness (QED) is 0.627. The molecule has 5 heteroatoms. The van der Waals surface area contributed by atoms with Gasteiger partial charge in [-0.25, -0.2) is 0 Å². The smallest absolute Gasteiger partial charge is 0.258 e. The summed E-state index contributed by atoms with van der Waals surface area (Å²) in [6.45, 7) is 2.05. The molecule has 0 spiro atoms. The van der Waals surface area contributed by atoms with Crippen LogP contribution in [0.25, 0.3) is 6.08 Å². The van der Waals surface area contributed by atoms with Crippen LogP contribution >= 0.6 is 0 Å². The molecule has 0 fully saturated rings. The van der Waals surface area contributed by atoms with E-state index >= 15 is 0 Å². The van der Waals surface area contributed by atoms with Gasteiger partial charge in [-0.15, -0.1) is 0 Å². The van der Waals surface area contributed by atoms with Crippen molar-refractivity contribution in [2.75, 3.05) is 6.54 Å². The Morgan fingerprint density at radius 3 is 2.74 bits per heavy atom. The second kappa shape index (κ2) is 5.48. The molecule has 0 aliphatic carbocycles. The van der Waals surface area contributed by atoms with Gasteiger partial charge in [0.1, 0.15) is 0 Å². The highest BCUT2D eigenvalue weighted by atomic mass is 16.2. The average Bonchev–Trinajstić information content (AvgIpc) is 2.64. The van der Waals surface area contributed by atoms with Crippen LogP contribution in [-0.4, -0.2) is 24.3 Å². The Hall–Kier alpha value is -2.43. The largest absolute Gasteiger partial charge is 0.356 e. The molecule has 0 saturated carbocycles. The minimum absolute atomic E-state index is 0.0545. The van der Waals surface area contributed by atoms with Gasteiger partial charge in [0, 0.05) is 13.5 Å². The Balaban J connectivity index is 2.01. The summed E-state index contributed by atoms with van der Waals surface area (Å²) in [5.41, 5.74) is 1.68. The number of hydrogen-bond donors (Lipinski definition) is 2. The molecular formula is C14H14N2O3. The van der Waals surface area contributed by atoms with Gasteiger partial charge in [0.05, 0.1) is 11.1 Å². The van der Waals surface area contributed by atoms with Crippen LogP contribution in [0.1, 0.15) is 39.6 Å². The highest BCUT2D eigenvalue weighted by Crippen LogP contribution is 2.18. The Morgan fingerprint density at radius 2 is 2.00 bits per heavy atom. The normalized spacial score (nSPS) is 13.5. The van der Waals surface area contributed by atoms with Gasteiger partial charge in [-0.05, 0) is 24.1 Å². The molecule has 1 heterocycles. The first kappa shape index (κ1) is 13.0. The molecule has 1 aromatic rings. The zero-order valence-electron chi connectivity index (χ0n) is 10.5. The number of rotatable bonds is 4. The van der Waals surface area contributed by atoms with E-state index in [1.54, 1.807) is 18.2 Å². The monoisotopic (exact) mass is 258 g/mol. The van der Waals surface area contributed by atoms with Gasteiger partial charge in [0.25, 0.3) is 11.8 Å². The Kier molecular flexibility index (Phi) is 3.75. The number of imide groups is 1. The van der Waals surface area contributed by atoms with E-state index in [1.807, 2.05) is 12.2 Å². The van der Waals surface area contributed by atoms with Crippen molar-refractivity contribution < 1.29 is 14.4 Å². The molecule has 0 radical (unpaired) electrons. The molecule has 2 N–H and O–H groups in total. The lowest BCUT2D eigenvalue weighted by Gasteiger charge is -1.98. The van der Waals surface area contributed by atoms with Gasteiger partial charge in [0.2, 0.25) is 5.91 Å². The van der Waals surface area contributed by atoms with E-state index in [1.165, 1.54) is 6.92 Å². The molecule has 2 rings (SSSR count). The van der Waals surface area contributed by atoms with Crippen LogP contribution in [0.2, 0.25) is 0 Å². The predicted octanol–water partition coefficient (Wildman–Crippen LogP) is 1.11. The molecule has 5 nitrogen and oxygen atoms in total. The topological polar surface area (TPSA) is 75.3 Å². The maximum atomic E-state index is 11.5. The zero-order chi connectivity index (χ0) is 13.8. The predicted molar refractivity (Wildman–Crippen MR) is 70.6 cm³/mol. The summed E-state index contributed by atoms with van der Waals surface area (Å²) in [4.78, 5) is 33.5. The van der Waals surface area contributed by atoms with Crippen molar-refractivity contribution >= 4 is 23.8 Å². The van der Waals surface area contributed by atoms with Crippen molar-refractivity contribution in [2.45, 2.75) is 13.3 Å². The van der Waals surface area contributed by atoms with Crippen LogP contribution in [0.5, 0.6) is 0 Å². The minimum atomic E-state index is -0.353. The second-order valence-corrected chi connectivity index (χ2v) is 4.26. The molecule has 0 bridgehead atoms. The summed E-state index contributed by atoms with van der Waals surface area (Å²) < 4.78 is 0. The van der Waals surface area contributed by atoms with Gasteiger partial charge in [-0.3, -0.25) is 19.7 Å². The minimum Gasteiger partial charge on any atom is -0.356 e. The maximum Gasteiger partial charge on any atom is 0.258 e. The van der Waals surface area contributed by atoms with Crippen molar-refractivity contribution in [2.24, 2.45) is 0 Å². The molecule has 1 aliphatic heterocycles. The zero-order valence-corrected chi connectivity index (χ0v) is 10.5. The third-order valence-electron chi connectivity index (χ3n) is 2.76. The lowest BCUT2D eigenvalue weighted by atomic mass is 10.1. The fraction of sp³-hybridized carbons (Fsp3) is 0.214. The lowest BCUT2D eigenvalue weighted by molar-refractivity contribution is -0.118. The number of amides is 3. The number of carbonyl (C=O) groups excluding carboxylic acids is 3. The summed E-state index contributed by atoms with van der Waals surface area (Å²) in [6.07, 6.45) is 4.48. The Labute approximate surface area is 110 Å². The van der Waals surface area contributed by atoms with E-state index in [0.717, 1.165) is 5.56 Å². The molecule has 98 valence electrons. The number of nitrogens with one attached hydrogen (secondary N) is 2. The van der Waals surface area contributed by atoms with Crippen LogP contribution < -0.4 is 10.6 Å². The SMILES string of the molecule is CC(=O)NCCC=Cc1ccc2c(c1)C(=O)NC2=O. The molecule has 0 saturated heterocycles. The first-order valence-electron chi connectivity index (χ1n) is 5.98. The summed E-state index contributed by atoms with van der Waals surface area (Å²) in [7, 11) is 0. The van der Waals surface area contributed by atoms with Gasteiger partial charge in [0.15, 0.2) is 0 Å². The van der Waals surface area contributed by atoms with Crippen LogP contribution in [-0.2, 0) is 4.79 Å². The van der Waals surface area contributed by atoms with Crippen LogP contribution in [0.15, 0.2) is 24.3 Å². The van der Waals surface area contributed by atoms with Gasteiger partial charge in [-0.2, -0.15) is 0 Å². The van der Waals surface area contributed by atoms with Gasteiger partial charge < -0.3 is 5.32 Å². The Bertz CT molecular complexity index is 576. The summed E-state index contributed by atoms with van der Waals surface area (Å²) >= 11 is 0. The maximum absolute atomic E-state index is 11.5. The van der Waals surface area contributed by atoms with E-state index in [0.29, 0.717) is 24.1 Å². The number of carbonyl (C=O) groups is 3. The number of benzene rings is 1. The fourth-order valence-corrected chi connectivity index (χ4v) is 1.84. The van der Waals surface area contributed by atoms with Crippen LogP contribution in [0.4, 0.5) is 0 Å². The van der Waals surface area contributed by atoms with Gasteiger partial charge >= 0.3 is 0 Å². The molecular weight excluding hydrogens is 244 g/mol. The molecule has 0 atom stereocenters. The first-order valence-corrected chi connectivity index (χ1v) is 5.98. The van der Waals surface area contributed by atoms with Crippen LogP contribution in [0, 0.1) is 0 Å². The van der Waals surface area contributed by atoms with Crippen molar-refractivity contribution in [3.8, 4) is 0 Å². The summed E-state index contributed by atoms with van der Waals surface area (Å²) in [6, 6.07) is 5.11. The molecule has 19 heavy (non-hydrogen) atoms. The highest BCUT2D eigenvalue weighted by molar-refractivity contribution is 6.21. The Morgan fingerprint density at radius 1 is 1.26 bits per heavy atom. The molecule has 1 aliphatic rings. The van der Waals surface area contributed by atoms with Crippen molar-refractivity contribution in [1.29, 1.82) is 0 Å². The van der Waals surface area contributed by atoms with Crippen molar-refractivity contribution in [1.82, 2.24) is 10.6 Å². The summed E-state index contributed by atoms with van der Waals surface area (Å²) in [5.74, 6) is -0.754. The van der Waals surface area contributed by atoms with E-state index in [9.17, 15) is 14.4 Å². The first-order chi connectivity index (χ1) is 9.08. The third kappa shape index (κ3) is 3.07. The number of hydrogen-bond acceptors (Lipinski definition) is 3. The standard InChI is InChI=1S/C14H14N2O3/c1-9(17)15-7-3-2-4-10-5-6-11-12(8-10)14(19)16-13(11)18/h2,4-6,8H,3,7H2,1H3,(H,15,17)(H,16,18,19). The summed E-state index contributed by atoms with van der Waals surface area (Å²) in [5, 5.41) is 4.94. The van der Waals surface area contributed by atoms with E-state index in [4.69, 9.17) is 0 Å². The third-order valence-corrected chi connectivity index (χ3v) is 2.76. The molecule has 0 unspecified atom stereocenters. The second-order valence-electron chi connectivity index (χ2n) is 4.26. The van der Waals surface area contributed by atoms with Crippen molar-refractivity contribution in [3.05, 3.63) is 41.0 Å². The van der Waals surface area contributed by atoms with Crippen LogP contribution in [0.3, 0.4) is 0 Å². The molecule has 3 amide bonds. The van der Waals surface area contributed by atoms with E-state index < -0.39 is 0 Å². The lowest BCUT2D eigenvalue weighted by Crippen LogP contribution is -2.20.